The number of aliphatic hydroxyl groups excluding tert-OH is 1. The molecule has 0 aromatic heterocycles. The van der Waals surface area contributed by atoms with Crippen molar-refractivity contribution in [2.45, 2.75) is 162 Å². The molecule has 3 rings (SSSR count). The first-order chi connectivity index (χ1) is 31.7. The van der Waals surface area contributed by atoms with Gasteiger partial charge in [0.1, 0.15) is 18.7 Å². The third-order valence-electron chi connectivity index (χ3n) is 14.0. The molecule has 15 nitrogen and oxygen atoms in total. The molecule has 1 heterocycles. The van der Waals surface area contributed by atoms with Crippen LogP contribution < -0.4 is 16.0 Å². The predicted molar refractivity (Wildman–Crippen MR) is 263 cm³/mol. The number of anilines is 1. The molecule has 11 atom stereocenters. The molecule has 2 aromatic carbocycles. The maximum absolute atomic E-state index is 14.6. The first-order valence-electron chi connectivity index (χ1n) is 24.3. The van der Waals surface area contributed by atoms with Gasteiger partial charge in [0, 0.05) is 47.6 Å². The summed E-state index contributed by atoms with van der Waals surface area (Å²) in [7, 11) is 8.11. The first kappa shape index (κ1) is 56.6. The van der Waals surface area contributed by atoms with Gasteiger partial charge in [-0.2, -0.15) is 0 Å². The maximum Gasteiger partial charge on any atom is 0.410 e. The maximum atomic E-state index is 14.6. The van der Waals surface area contributed by atoms with Crippen molar-refractivity contribution >= 4 is 35.4 Å². The zero-order valence-electron chi connectivity index (χ0n) is 43.1. The van der Waals surface area contributed by atoms with E-state index in [1.807, 2.05) is 91.1 Å². The number of ether oxygens (including phenoxy) is 3. The quantitative estimate of drug-likeness (QED) is 0.0801. The molecule has 1 aliphatic rings. The Morgan fingerprint density at radius 2 is 1.46 bits per heavy atom. The number of likely N-dealkylation sites (tertiary alicyclic amines) is 1. The lowest BCUT2D eigenvalue weighted by Gasteiger charge is -2.41. The number of nitrogens with zero attached hydrogens (tertiary/aromatic N) is 3. The third-order valence-corrected chi connectivity index (χ3v) is 14.0. The molecule has 5 amide bonds. The summed E-state index contributed by atoms with van der Waals surface area (Å²) in [6.07, 6.45) is 0.0662. The molecule has 15 heteroatoms. The fraction of sp³-hybridized carbons (Fsp3) is 0.673. The monoisotopic (exact) mass is 937 g/mol. The number of carbonyl (C=O) groups is 5. The van der Waals surface area contributed by atoms with Gasteiger partial charge in [-0.25, -0.2) is 4.79 Å². The summed E-state index contributed by atoms with van der Waals surface area (Å²) in [5.74, 6) is -2.34. The van der Waals surface area contributed by atoms with Crippen molar-refractivity contribution in [1.82, 2.24) is 25.3 Å². The molecule has 1 aliphatic heterocycles. The van der Waals surface area contributed by atoms with Crippen LogP contribution in [0.5, 0.6) is 0 Å². The molecule has 1 fully saturated rings. The van der Waals surface area contributed by atoms with E-state index < -0.39 is 60.4 Å². The van der Waals surface area contributed by atoms with Crippen molar-refractivity contribution in [3.05, 3.63) is 65.2 Å². The number of amides is 5. The molecule has 67 heavy (non-hydrogen) atoms. The summed E-state index contributed by atoms with van der Waals surface area (Å²) < 4.78 is 17.7. The highest BCUT2D eigenvalue weighted by molar-refractivity contribution is 5.92. The van der Waals surface area contributed by atoms with Gasteiger partial charge in [-0.15, -0.1) is 0 Å². The Bertz CT molecular complexity index is 1890. The second-order valence-electron chi connectivity index (χ2n) is 19.3. The standard InChI is InChI=1S/C52H84N6O9/c1-16-33(7)38-20-18-21-39(28-38)47(60)36(10)54-49(61)35(9)48(66-15)41-22-19-27-58(41)43(59)29-42(65-14)46(34(8)17-2)56(12)51(63)44(31(3)4)55-50(62)45(32(5)6)57(13)52(64)67-30-37-23-25-40(53-11)26-24-37/h18,20-21,23-26,28,31-36,41-42,44-48,53,60H,16-17,19,22,27,29-30H2,1-15H3,(H,54,61)(H,55,62)/t33?,34-,35+,36+,41-,42+,44-,45-,46-,47+,48+/m0/s1. The minimum atomic E-state index is -0.953. The summed E-state index contributed by atoms with van der Waals surface area (Å²) >= 11 is 0. The smallest absolute Gasteiger partial charge is 0.410 e. The van der Waals surface area contributed by atoms with E-state index in [9.17, 15) is 29.1 Å². The van der Waals surface area contributed by atoms with Crippen LogP contribution in [0.1, 0.15) is 130 Å². The van der Waals surface area contributed by atoms with Gasteiger partial charge in [-0.05, 0) is 78.7 Å². The molecule has 376 valence electrons. The van der Waals surface area contributed by atoms with Crippen LogP contribution in [0.2, 0.25) is 0 Å². The normalized spacial score (nSPS) is 18.4. The van der Waals surface area contributed by atoms with E-state index in [0.29, 0.717) is 25.3 Å². The zero-order valence-corrected chi connectivity index (χ0v) is 43.1. The Balaban J connectivity index is 1.75. The predicted octanol–water partition coefficient (Wildman–Crippen LogP) is 7.13. The second-order valence-corrected chi connectivity index (χ2v) is 19.3. The van der Waals surface area contributed by atoms with Crippen molar-refractivity contribution in [2.24, 2.45) is 23.7 Å². The lowest BCUT2D eigenvalue weighted by molar-refractivity contribution is -0.148. The van der Waals surface area contributed by atoms with Crippen molar-refractivity contribution in [3.8, 4) is 0 Å². The number of carbonyl (C=O) groups excluding carboxylic acids is 5. The Kier molecular flexibility index (Phi) is 22.6. The van der Waals surface area contributed by atoms with Gasteiger partial charge in [-0.1, -0.05) is 105 Å². The van der Waals surface area contributed by atoms with Crippen LogP contribution in [0.25, 0.3) is 0 Å². The van der Waals surface area contributed by atoms with Crippen LogP contribution in [0.3, 0.4) is 0 Å². The topological polar surface area (TPSA) is 179 Å². The van der Waals surface area contributed by atoms with Gasteiger partial charge in [0.05, 0.1) is 48.8 Å². The number of likely N-dealkylation sites (N-methyl/N-ethyl adjacent to an activating group) is 2. The van der Waals surface area contributed by atoms with Gasteiger partial charge in [0.15, 0.2) is 0 Å². The number of benzene rings is 2. The van der Waals surface area contributed by atoms with Crippen LogP contribution in [0.4, 0.5) is 10.5 Å². The Morgan fingerprint density at radius 1 is 0.821 bits per heavy atom. The third kappa shape index (κ3) is 14.9. The number of aliphatic hydroxyl groups is 1. The highest BCUT2D eigenvalue weighted by atomic mass is 16.6. The number of methoxy groups -OCH3 is 2. The van der Waals surface area contributed by atoms with E-state index in [1.54, 1.807) is 37.8 Å². The van der Waals surface area contributed by atoms with E-state index in [4.69, 9.17) is 14.2 Å². The Hall–Kier alpha value is -4.73. The molecular formula is C52H84N6O9. The van der Waals surface area contributed by atoms with Crippen molar-refractivity contribution in [1.29, 1.82) is 0 Å². The largest absolute Gasteiger partial charge is 0.445 e. The zero-order chi connectivity index (χ0) is 50.3. The first-order valence-corrected chi connectivity index (χ1v) is 24.3. The summed E-state index contributed by atoms with van der Waals surface area (Å²) in [6.45, 7) is 19.7. The average Bonchev–Trinajstić information content (AvgIpc) is 3.81. The van der Waals surface area contributed by atoms with Crippen LogP contribution in [0.15, 0.2) is 48.5 Å². The summed E-state index contributed by atoms with van der Waals surface area (Å²) in [5, 5.41) is 20.3. The summed E-state index contributed by atoms with van der Waals surface area (Å²) in [6, 6.07) is 11.9. The lowest BCUT2D eigenvalue weighted by atomic mass is 9.89. The lowest BCUT2D eigenvalue weighted by Crippen LogP contribution is -2.60. The molecular weight excluding hydrogens is 853 g/mol. The molecule has 0 saturated carbocycles. The van der Waals surface area contributed by atoms with Crippen molar-refractivity contribution in [2.75, 3.05) is 47.2 Å². The van der Waals surface area contributed by atoms with E-state index in [0.717, 1.165) is 35.2 Å². The number of rotatable bonds is 25. The fourth-order valence-corrected chi connectivity index (χ4v) is 9.34. The molecule has 0 radical (unpaired) electrons. The van der Waals surface area contributed by atoms with Gasteiger partial charge in [-0.3, -0.25) is 24.1 Å². The van der Waals surface area contributed by atoms with E-state index in [2.05, 4.69) is 35.9 Å². The Morgan fingerprint density at radius 3 is 2.01 bits per heavy atom. The number of hydrogen-bond donors (Lipinski definition) is 4. The molecule has 0 aliphatic carbocycles. The molecule has 1 unspecified atom stereocenters. The molecule has 1 saturated heterocycles. The van der Waals surface area contributed by atoms with Crippen LogP contribution >= 0.6 is 0 Å². The second kappa shape index (κ2) is 26.7. The van der Waals surface area contributed by atoms with Crippen molar-refractivity contribution < 1.29 is 43.3 Å². The van der Waals surface area contributed by atoms with Crippen LogP contribution in [-0.2, 0) is 40.0 Å². The summed E-state index contributed by atoms with van der Waals surface area (Å²) in [4.78, 5) is 74.8. The SMILES string of the molecule is CCC(C)c1cccc([C@H](O)[C@@H](C)NC(=O)[C@H](C)[C@@H](OC)[C@@H]2CCCN2C(=O)C[C@@H](OC)[C@H]([C@@H](C)CC)N(C)C(=O)[C@@H](NC(=O)[C@H](C(C)C)N(C)C(=O)OCc2ccc(NC)cc2)C(C)C)c1. The fourth-order valence-electron chi connectivity index (χ4n) is 9.34. The highest BCUT2D eigenvalue weighted by Crippen LogP contribution is 2.31. The minimum Gasteiger partial charge on any atom is -0.445 e. The Labute approximate surface area is 401 Å². The summed E-state index contributed by atoms with van der Waals surface area (Å²) in [5.41, 5.74) is 3.59. The molecule has 4 N–H and O–H groups in total. The van der Waals surface area contributed by atoms with E-state index in [-0.39, 0.29) is 54.5 Å². The van der Waals surface area contributed by atoms with Crippen molar-refractivity contribution in [3.63, 3.8) is 0 Å². The van der Waals surface area contributed by atoms with Gasteiger partial charge >= 0.3 is 6.09 Å². The minimum absolute atomic E-state index is 0.0272. The molecule has 2 aromatic rings. The van der Waals surface area contributed by atoms with E-state index in [1.165, 1.54) is 19.1 Å². The molecule has 0 spiro atoms. The van der Waals surface area contributed by atoms with Crippen LogP contribution in [0, 0.1) is 23.7 Å². The van der Waals surface area contributed by atoms with Gasteiger partial charge in [0.25, 0.3) is 0 Å². The van der Waals surface area contributed by atoms with Crippen LogP contribution in [-0.4, -0.2) is 134 Å². The number of nitrogens with one attached hydrogen (secondary N) is 3. The average molecular weight is 937 g/mol. The van der Waals surface area contributed by atoms with Gasteiger partial charge in [0.2, 0.25) is 23.6 Å². The van der Waals surface area contributed by atoms with Gasteiger partial charge < -0.3 is 45.1 Å². The number of hydrogen-bond acceptors (Lipinski definition) is 10. The molecule has 0 bridgehead atoms. The van der Waals surface area contributed by atoms with E-state index >= 15 is 0 Å². The highest BCUT2D eigenvalue weighted by Gasteiger charge is 2.44.